The van der Waals surface area contributed by atoms with Crippen molar-refractivity contribution in [3.63, 3.8) is 0 Å². The topological polar surface area (TPSA) is 41.9 Å². The predicted molar refractivity (Wildman–Crippen MR) is 55.8 cm³/mol. The van der Waals surface area contributed by atoms with E-state index in [1.807, 2.05) is 20.8 Å². The van der Waals surface area contributed by atoms with Crippen LogP contribution in [-0.2, 0) is 4.74 Å². The highest BCUT2D eigenvalue weighted by molar-refractivity contribution is 5.91. The second-order valence-electron chi connectivity index (χ2n) is 4.44. The fourth-order valence-corrected chi connectivity index (χ4v) is 1.31. The maximum atomic E-state index is 11.6. The Morgan fingerprint density at radius 3 is 2.57 bits per heavy atom. The fraction of sp³-hybridized carbons (Fsp3) is 0.800. The van der Waals surface area contributed by atoms with Crippen LogP contribution in [0.5, 0.6) is 0 Å². The molecule has 1 aliphatic heterocycles. The number of carbonyl (C=O) groups is 1. The van der Waals surface area contributed by atoms with Crippen molar-refractivity contribution in [2.75, 3.05) is 20.1 Å². The molecule has 80 valence electrons. The molecule has 0 atom stereocenters. The van der Waals surface area contributed by atoms with Crippen LogP contribution in [0.25, 0.3) is 0 Å². The number of carbonyl (C=O) groups excluding carboxylic acids is 1. The van der Waals surface area contributed by atoms with E-state index in [1.165, 1.54) is 0 Å². The summed E-state index contributed by atoms with van der Waals surface area (Å²) in [6, 6.07) is 0. The van der Waals surface area contributed by atoms with Crippen molar-refractivity contribution in [3.05, 3.63) is 0 Å². The zero-order valence-electron chi connectivity index (χ0n) is 9.33. The predicted octanol–water partition coefficient (Wildman–Crippen LogP) is 1.70. The third-order valence-electron chi connectivity index (χ3n) is 2.01. The van der Waals surface area contributed by atoms with Crippen LogP contribution in [0.2, 0.25) is 0 Å². The van der Waals surface area contributed by atoms with E-state index in [2.05, 4.69) is 4.99 Å². The summed E-state index contributed by atoms with van der Waals surface area (Å²) in [5, 5.41) is 0. The highest BCUT2D eigenvalue weighted by Gasteiger charge is 2.26. The summed E-state index contributed by atoms with van der Waals surface area (Å²) in [7, 11) is 1.76. The molecule has 1 fully saturated rings. The first-order valence-electron chi connectivity index (χ1n) is 4.85. The van der Waals surface area contributed by atoms with E-state index in [9.17, 15) is 4.79 Å². The summed E-state index contributed by atoms with van der Waals surface area (Å²) >= 11 is 0. The number of nitrogens with zero attached hydrogens (tertiary/aromatic N) is 2. The molecule has 0 radical (unpaired) electrons. The molecule has 1 heterocycles. The first kappa shape index (κ1) is 11.0. The van der Waals surface area contributed by atoms with Gasteiger partial charge in [-0.1, -0.05) is 0 Å². The number of hydrogen-bond donors (Lipinski definition) is 0. The first-order chi connectivity index (χ1) is 6.42. The molecule has 0 unspecified atom stereocenters. The van der Waals surface area contributed by atoms with Gasteiger partial charge in [-0.25, -0.2) is 4.79 Å². The van der Waals surface area contributed by atoms with Crippen molar-refractivity contribution < 1.29 is 9.53 Å². The van der Waals surface area contributed by atoms with Gasteiger partial charge in [0, 0.05) is 25.7 Å². The summed E-state index contributed by atoms with van der Waals surface area (Å²) in [5.74, 6) is 0. The van der Waals surface area contributed by atoms with Crippen LogP contribution in [0.15, 0.2) is 4.99 Å². The SMILES string of the molecule is C/N=C1/CCN(C(=O)OC(C)(C)C)C1. The maximum Gasteiger partial charge on any atom is 0.410 e. The van der Waals surface area contributed by atoms with E-state index in [4.69, 9.17) is 4.74 Å². The Morgan fingerprint density at radius 1 is 1.50 bits per heavy atom. The van der Waals surface area contributed by atoms with Crippen molar-refractivity contribution in [2.24, 2.45) is 4.99 Å². The molecule has 0 spiro atoms. The van der Waals surface area contributed by atoms with Crippen LogP contribution in [0.4, 0.5) is 4.79 Å². The molecule has 1 saturated heterocycles. The minimum atomic E-state index is -0.413. The van der Waals surface area contributed by atoms with E-state index < -0.39 is 5.60 Å². The standard InChI is InChI=1S/C10H18N2O2/c1-10(2,3)14-9(13)12-6-5-8(7-12)11-4/h5-7H2,1-4H3/b11-8-. The van der Waals surface area contributed by atoms with Crippen molar-refractivity contribution in [2.45, 2.75) is 32.8 Å². The van der Waals surface area contributed by atoms with Crippen LogP contribution in [0.3, 0.4) is 0 Å². The van der Waals surface area contributed by atoms with E-state index in [0.717, 1.165) is 18.7 Å². The van der Waals surface area contributed by atoms with Gasteiger partial charge in [0.05, 0.1) is 6.54 Å². The fourth-order valence-electron chi connectivity index (χ4n) is 1.31. The van der Waals surface area contributed by atoms with E-state index in [1.54, 1.807) is 11.9 Å². The minimum Gasteiger partial charge on any atom is -0.444 e. The van der Waals surface area contributed by atoms with E-state index >= 15 is 0 Å². The van der Waals surface area contributed by atoms with Crippen LogP contribution >= 0.6 is 0 Å². The average molecular weight is 198 g/mol. The quantitative estimate of drug-likeness (QED) is 0.594. The lowest BCUT2D eigenvalue weighted by molar-refractivity contribution is 0.0302. The van der Waals surface area contributed by atoms with Crippen LogP contribution in [0, 0.1) is 0 Å². The molecule has 0 bridgehead atoms. The van der Waals surface area contributed by atoms with Gasteiger partial charge >= 0.3 is 6.09 Å². The maximum absolute atomic E-state index is 11.6. The smallest absolute Gasteiger partial charge is 0.410 e. The molecule has 1 rings (SSSR count). The molecular weight excluding hydrogens is 180 g/mol. The van der Waals surface area contributed by atoms with Gasteiger partial charge in [-0.05, 0) is 20.8 Å². The molecule has 0 N–H and O–H groups in total. The molecule has 0 saturated carbocycles. The summed E-state index contributed by atoms with van der Waals surface area (Å²) < 4.78 is 5.25. The van der Waals surface area contributed by atoms with Gasteiger partial charge in [-0.3, -0.25) is 4.99 Å². The van der Waals surface area contributed by atoms with Gasteiger partial charge < -0.3 is 9.64 Å². The second kappa shape index (κ2) is 3.98. The molecule has 0 aromatic heterocycles. The summed E-state index contributed by atoms with van der Waals surface area (Å²) in [6.45, 7) is 6.95. The summed E-state index contributed by atoms with van der Waals surface area (Å²) in [5.41, 5.74) is 0.652. The molecule has 0 aliphatic carbocycles. The molecule has 4 heteroatoms. The average Bonchev–Trinajstić information content (AvgIpc) is 2.48. The molecule has 1 aliphatic rings. The zero-order chi connectivity index (χ0) is 10.8. The number of aliphatic imine (C=N–C) groups is 1. The summed E-state index contributed by atoms with van der Waals surface area (Å²) in [4.78, 5) is 17.3. The van der Waals surface area contributed by atoms with Gasteiger partial charge in [0.15, 0.2) is 0 Å². The Balaban J connectivity index is 2.48. The van der Waals surface area contributed by atoms with Gasteiger partial charge in [0.25, 0.3) is 0 Å². The third kappa shape index (κ3) is 3.01. The molecule has 0 aromatic carbocycles. The molecule has 14 heavy (non-hydrogen) atoms. The number of amides is 1. The number of rotatable bonds is 0. The van der Waals surface area contributed by atoms with Crippen LogP contribution < -0.4 is 0 Å². The van der Waals surface area contributed by atoms with E-state index in [-0.39, 0.29) is 6.09 Å². The Morgan fingerprint density at radius 2 is 2.14 bits per heavy atom. The minimum absolute atomic E-state index is 0.240. The van der Waals surface area contributed by atoms with Gasteiger partial charge in [0.2, 0.25) is 0 Å². The Labute approximate surface area is 84.9 Å². The zero-order valence-corrected chi connectivity index (χ0v) is 9.33. The van der Waals surface area contributed by atoms with Crippen molar-refractivity contribution in [3.8, 4) is 0 Å². The highest BCUT2D eigenvalue weighted by atomic mass is 16.6. The molecule has 1 amide bonds. The van der Waals surface area contributed by atoms with Gasteiger partial charge in [-0.15, -0.1) is 0 Å². The van der Waals surface area contributed by atoms with Crippen molar-refractivity contribution >= 4 is 11.8 Å². The van der Waals surface area contributed by atoms with E-state index in [0.29, 0.717) is 6.54 Å². The molecule has 0 aromatic rings. The Kier molecular flexibility index (Phi) is 3.13. The van der Waals surface area contributed by atoms with Crippen LogP contribution in [0.1, 0.15) is 27.2 Å². The first-order valence-corrected chi connectivity index (χ1v) is 4.85. The number of likely N-dealkylation sites (tertiary alicyclic amines) is 1. The second-order valence-corrected chi connectivity index (χ2v) is 4.44. The largest absolute Gasteiger partial charge is 0.444 e. The summed E-state index contributed by atoms with van der Waals surface area (Å²) in [6.07, 6.45) is 0.631. The Hall–Kier alpha value is -1.06. The highest BCUT2D eigenvalue weighted by Crippen LogP contribution is 2.13. The molecular formula is C10H18N2O2. The number of ether oxygens (including phenoxy) is 1. The lowest BCUT2D eigenvalue weighted by atomic mass is 10.2. The van der Waals surface area contributed by atoms with Gasteiger partial charge in [-0.2, -0.15) is 0 Å². The molecule has 4 nitrogen and oxygen atoms in total. The monoisotopic (exact) mass is 198 g/mol. The van der Waals surface area contributed by atoms with Gasteiger partial charge in [0.1, 0.15) is 5.60 Å². The number of hydrogen-bond acceptors (Lipinski definition) is 3. The lowest BCUT2D eigenvalue weighted by Crippen LogP contribution is -2.35. The van der Waals surface area contributed by atoms with Crippen molar-refractivity contribution in [1.29, 1.82) is 0 Å². The Bertz CT molecular complexity index is 253. The normalized spacial score (nSPS) is 20.3. The van der Waals surface area contributed by atoms with Crippen molar-refractivity contribution in [1.82, 2.24) is 4.90 Å². The lowest BCUT2D eigenvalue weighted by Gasteiger charge is -2.23. The third-order valence-corrected chi connectivity index (χ3v) is 2.01. The van der Waals surface area contributed by atoms with Crippen LogP contribution in [-0.4, -0.2) is 42.4 Å².